The van der Waals surface area contributed by atoms with Crippen LogP contribution in [0, 0.1) is 0 Å². The van der Waals surface area contributed by atoms with Crippen LogP contribution in [0.1, 0.15) is 24.8 Å². The number of benzene rings is 2. The van der Waals surface area contributed by atoms with E-state index in [4.69, 9.17) is 0 Å². The molecule has 4 rings (SSSR count). The van der Waals surface area contributed by atoms with E-state index in [1.807, 2.05) is 12.1 Å². The average Bonchev–Trinajstić information content (AvgIpc) is 3.25. The van der Waals surface area contributed by atoms with Gasteiger partial charge in [-0.3, -0.25) is 0 Å². The number of phenols is 1. The summed E-state index contributed by atoms with van der Waals surface area (Å²) < 4.78 is 0. The molecule has 0 aliphatic carbocycles. The lowest BCUT2D eigenvalue weighted by Gasteiger charge is -2.39. The van der Waals surface area contributed by atoms with Crippen LogP contribution in [0.4, 0.5) is 11.4 Å². The second-order valence-corrected chi connectivity index (χ2v) is 8.31. The Morgan fingerprint density at radius 2 is 1.79 bits per heavy atom. The highest BCUT2D eigenvalue weighted by Gasteiger charge is 2.26. The van der Waals surface area contributed by atoms with Gasteiger partial charge in [0.25, 0.3) is 0 Å². The molecule has 1 N–H and O–H groups in total. The Kier molecular flexibility index (Phi) is 6.30. The first kappa shape index (κ1) is 19.0. The van der Waals surface area contributed by atoms with Crippen LogP contribution in [0.5, 0.6) is 5.75 Å². The van der Waals surface area contributed by atoms with Gasteiger partial charge in [-0.15, -0.1) is 0 Å². The maximum absolute atomic E-state index is 9.96. The third kappa shape index (κ3) is 4.75. The van der Waals surface area contributed by atoms with Crippen LogP contribution in [-0.2, 0) is 6.42 Å². The highest BCUT2D eigenvalue weighted by molar-refractivity contribution is 7.08. The highest BCUT2D eigenvalue weighted by Crippen LogP contribution is 2.34. The summed E-state index contributed by atoms with van der Waals surface area (Å²) >= 11 is 1.73. The number of thiophene rings is 1. The molecule has 3 nitrogen and oxygen atoms in total. The van der Waals surface area contributed by atoms with Gasteiger partial charge in [-0.05, 0) is 61.4 Å². The molecule has 2 heterocycles. The number of phenolic OH excluding ortho intramolecular Hbond substituents is 1. The summed E-state index contributed by atoms with van der Waals surface area (Å²) in [7, 11) is 0. The maximum atomic E-state index is 9.96. The molecule has 0 amide bonds. The van der Waals surface area contributed by atoms with Crippen molar-refractivity contribution in [3.05, 3.63) is 77.0 Å². The Morgan fingerprint density at radius 3 is 2.50 bits per heavy atom. The second-order valence-electron chi connectivity index (χ2n) is 7.53. The molecular weight excluding hydrogens is 364 g/mol. The summed E-state index contributed by atoms with van der Waals surface area (Å²) in [6.07, 6.45) is 4.67. The average molecular weight is 393 g/mol. The number of piperidine rings is 1. The van der Waals surface area contributed by atoms with E-state index in [2.05, 4.69) is 63.0 Å². The van der Waals surface area contributed by atoms with Gasteiger partial charge in [0.1, 0.15) is 5.75 Å². The molecular formula is C24H28N2OS. The van der Waals surface area contributed by atoms with E-state index in [1.165, 1.54) is 24.2 Å². The predicted octanol–water partition coefficient (Wildman–Crippen LogP) is 5.69. The lowest BCUT2D eigenvalue weighted by Crippen LogP contribution is -2.43. The van der Waals surface area contributed by atoms with Gasteiger partial charge in [0.15, 0.2) is 0 Å². The largest absolute Gasteiger partial charge is 0.508 e. The molecule has 28 heavy (non-hydrogen) atoms. The number of aromatic hydroxyl groups is 1. The molecule has 1 fully saturated rings. The summed E-state index contributed by atoms with van der Waals surface area (Å²) in [6.45, 7) is 3.45. The van der Waals surface area contributed by atoms with Gasteiger partial charge in [0.05, 0.1) is 5.69 Å². The van der Waals surface area contributed by atoms with Gasteiger partial charge in [-0.2, -0.15) is 11.3 Å². The number of hydrogen-bond donors (Lipinski definition) is 1. The van der Waals surface area contributed by atoms with E-state index in [0.29, 0.717) is 11.8 Å². The third-order valence-corrected chi connectivity index (χ3v) is 6.27. The first-order chi connectivity index (χ1) is 13.8. The molecule has 0 radical (unpaired) electrons. The number of aryl methyl sites for hydroxylation is 1. The van der Waals surface area contributed by atoms with Gasteiger partial charge >= 0.3 is 0 Å². The maximum Gasteiger partial charge on any atom is 0.117 e. The van der Waals surface area contributed by atoms with Crippen LogP contribution in [0.25, 0.3) is 0 Å². The fourth-order valence-corrected chi connectivity index (χ4v) is 4.79. The first-order valence-corrected chi connectivity index (χ1v) is 11.1. The van der Waals surface area contributed by atoms with Crippen molar-refractivity contribution in [3.8, 4) is 5.75 Å². The van der Waals surface area contributed by atoms with E-state index < -0.39 is 0 Å². The van der Waals surface area contributed by atoms with Crippen LogP contribution in [0.2, 0.25) is 0 Å². The molecule has 0 saturated carbocycles. The van der Waals surface area contributed by atoms with Gasteiger partial charge in [-0.25, -0.2) is 0 Å². The summed E-state index contributed by atoms with van der Waals surface area (Å²) in [6, 6.07) is 21.1. The van der Waals surface area contributed by atoms with Crippen LogP contribution >= 0.6 is 11.3 Å². The van der Waals surface area contributed by atoms with Crippen LogP contribution in [0.3, 0.4) is 0 Å². The minimum Gasteiger partial charge on any atom is -0.508 e. The zero-order chi connectivity index (χ0) is 19.2. The quantitative estimate of drug-likeness (QED) is 0.560. The molecule has 2 aromatic carbocycles. The topological polar surface area (TPSA) is 26.7 Å². The van der Waals surface area contributed by atoms with Crippen molar-refractivity contribution >= 4 is 22.7 Å². The lowest BCUT2D eigenvalue weighted by atomic mass is 10.0. The number of rotatable bonds is 7. The van der Waals surface area contributed by atoms with E-state index in [-0.39, 0.29) is 0 Å². The summed E-state index contributed by atoms with van der Waals surface area (Å²) in [5.74, 6) is 0.330. The minimum absolute atomic E-state index is 0.330. The lowest BCUT2D eigenvalue weighted by molar-refractivity contribution is 0.211. The molecule has 1 aromatic heterocycles. The molecule has 1 aliphatic rings. The number of nitrogens with zero attached hydrogens (tertiary/aromatic N) is 2. The van der Waals surface area contributed by atoms with E-state index >= 15 is 0 Å². The van der Waals surface area contributed by atoms with Gasteiger partial charge < -0.3 is 14.9 Å². The van der Waals surface area contributed by atoms with Gasteiger partial charge in [-0.1, -0.05) is 36.4 Å². The van der Waals surface area contributed by atoms with Crippen molar-refractivity contribution < 1.29 is 5.11 Å². The van der Waals surface area contributed by atoms with E-state index in [0.717, 1.165) is 38.0 Å². The third-order valence-electron chi connectivity index (χ3n) is 5.60. The second kappa shape index (κ2) is 9.26. The van der Waals surface area contributed by atoms with E-state index in [9.17, 15) is 5.11 Å². The molecule has 0 spiro atoms. The monoisotopic (exact) mass is 392 g/mol. The highest BCUT2D eigenvalue weighted by atomic mass is 32.1. The fourth-order valence-electron chi connectivity index (χ4n) is 4.16. The Balaban J connectivity index is 1.35. The number of hydrogen-bond acceptors (Lipinski definition) is 4. The molecule has 1 saturated heterocycles. The summed E-state index contributed by atoms with van der Waals surface area (Å²) in [4.78, 5) is 5.02. The van der Waals surface area contributed by atoms with Crippen molar-refractivity contribution in [2.24, 2.45) is 0 Å². The molecule has 3 aromatic rings. The van der Waals surface area contributed by atoms with Crippen molar-refractivity contribution in [2.75, 3.05) is 24.5 Å². The SMILES string of the molecule is Oc1cccc(N(c2ccsc2)C2CCN(CCCc3ccccc3)CC2)c1. The Morgan fingerprint density at radius 1 is 0.964 bits per heavy atom. The molecule has 0 unspecified atom stereocenters. The van der Waals surface area contributed by atoms with Crippen LogP contribution < -0.4 is 4.90 Å². The zero-order valence-electron chi connectivity index (χ0n) is 16.2. The smallest absolute Gasteiger partial charge is 0.117 e. The molecule has 1 aliphatic heterocycles. The minimum atomic E-state index is 0.330. The van der Waals surface area contributed by atoms with Crippen molar-refractivity contribution in [2.45, 2.75) is 31.7 Å². The van der Waals surface area contributed by atoms with Crippen LogP contribution in [-0.4, -0.2) is 35.7 Å². The van der Waals surface area contributed by atoms with Crippen LogP contribution in [0.15, 0.2) is 71.4 Å². The number of anilines is 2. The summed E-state index contributed by atoms with van der Waals surface area (Å²) in [5, 5.41) is 14.3. The molecule has 4 heteroatoms. The molecule has 0 atom stereocenters. The molecule has 146 valence electrons. The van der Waals surface area contributed by atoms with Crippen molar-refractivity contribution in [1.29, 1.82) is 0 Å². The standard InChI is InChI=1S/C24H28N2OS/c27-24-10-4-9-22(18-24)26(23-13-17-28-19-23)21-11-15-25(16-12-21)14-5-8-20-6-2-1-3-7-20/h1-4,6-7,9-10,13,17-19,21,27H,5,8,11-12,14-16H2. The van der Waals surface area contributed by atoms with Crippen molar-refractivity contribution in [1.82, 2.24) is 4.90 Å². The van der Waals surface area contributed by atoms with Gasteiger partial charge in [0, 0.05) is 36.3 Å². The van der Waals surface area contributed by atoms with Crippen molar-refractivity contribution in [3.63, 3.8) is 0 Å². The zero-order valence-corrected chi connectivity index (χ0v) is 17.0. The normalized spacial score (nSPS) is 15.6. The summed E-state index contributed by atoms with van der Waals surface area (Å²) in [5.41, 5.74) is 3.75. The van der Waals surface area contributed by atoms with Gasteiger partial charge in [0.2, 0.25) is 0 Å². The Hall–Kier alpha value is -2.30. The Bertz CT molecular complexity index is 842. The predicted molar refractivity (Wildman–Crippen MR) is 119 cm³/mol. The number of likely N-dealkylation sites (tertiary alicyclic amines) is 1. The van der Waals surface area contributed by atoms with E-state index in [1.54, 1.807) is 17.4 Å². The first-order valence-electron chi connectivity index (χ1n) is 10.2. The Labute approximate surface area is 171 Å². The molecule has 0 bridgehead atoms. The fraction of sp³-hybridized carbons (Fsp3) is 0.333.